The average Bonchev–Trinajstić information content (AvgIpc) is 2.97. The molecule has 1 saturated heterocycles. The van der Waals surface area contributed by atoms with Crippen molar-refractivity contribution in [2.75, 3.05) is 5.32 Å². The summed E-state index contributed by atoms with van der Waals surface area (Å²) in [6.07, 6.45) is 2.47. The van der Waals surface area contributed by atoms with Gasteiger partial charge in [-0.3, -0.25) is 9.48 Å². The summed E-state index contributed by atoms with van der Waals surface area (Å²) in [4.78, 5) is 22.5. The molecule has 0 radical (unpaired) electrons. The molecule has 2 atom stereocenters. The van der Waals surface area contributed by atoms with E-state index in [-0.39, 0.29) is 5.91 Å². The van der Waals surface area contributed by atoms with Crippen molar-refractivity contribution in [3.63, 3.8) is 0 Å². The molecule has 7 heteroatoms. The number of rotatable bonds is 4. The van der Waals surface area contributed by atoms with E-state index in [1.165, 1.54) is 0 Å². The number of nitrogens with zero attached hydrogens (tertiary/aromatic N) is 2. The molecule has 1 aliphatic rings. The third kappa shape index (κ3) is 2.67. The summed E-state index contributed by atoms with van der Waals surface area (Å²) in [5.41, 5.74) is 0.587. The molecule has 0 spiro atoms. The van der Waals surface area contributed by atoms with Crippen molar-refractivity contribution < 1.29 is 19.4 Å². The van der Waals surface area contributed by atoms with Gasteiger partial charge in [-0.25, -0.2) is 4.79 Å². The lowest BCUT2D eigenvalue weighted by molar-refractivity contribution is -0.150. The molecule has 2 heterocycles. The fourth-order valence-corrected chi connectivity index (χ4v) is 1.84. The molecule has 2 N–H and O–H groups in total. The maximum atomic E-state index is 11.8. The third-order valence-electron chi connectivity index (χ3n) is 2.81. The Balaban J connectivity index is 1.91. The molecule has 1 amide bonds. The molecule has 0 bridgehead atoms. The van der Waals surface area contributed by atoms with E-state index >= 15 is 0 Å². The van der Waals surface area contributed by atoms with Crippen molar-refractivity contribution in [3.05, 3.63) is 12.4 Å². The third-order valence-corrected chi connectivity index (χ3v) is 2.81. The number of aliphatic carboxylic acids is 1. The standard InChI is InChI=1S/C11H15N3O4/c1-2-14-6-7(5-12-14)13-10(15)8-3-4-9(18-8)11(16)17/h5-6,8-9H,2-4H2,1H3,(H,13,15)(H,16,17). The number of aryl methyl sites for hydroxylation is 1. The Morgan fingerprint density at radius 2 is 2.28 bits per heavy atom. The molecule has 0 aromatic carbocycles. The second-order valence-corrected chi connectivity index (χ2v) is 4.10. The van der Waals surface area contributed by atoms with E-state index in [0.717, 1.165) is 6.54 Å². The number of ether oxygens (including phenoxy) is 1. The fraction of sp³-hybridized carbons (Fsp3) is 0.545. The lowest BCUT2D eigenvalue weighted by Crippen LogP contribution is -2.29. The van der Waals surface area contributed by atoms with Crippen LogP contribution in [-0.4, -0.2) is 39.0 Å². The summed E-state index contributed by atoms with van der Waals surface area (Å²) >= 11 is 0. The summed E-state index contributed by atoms with van der Waals surface area (Å²) in [5.74, 6) is -1.35. The van der Waals surface area contributed by atoms with Gasteiger partial charge < -0.3 is 15.2 Å². The first kappa shape index (κ1) is 12.6. The van der Waals surface area contributed by atoms with Crippen LogP contribution in [0, 0.1) is 0 Å². The average molecular weight is 253 g/mol. The number of anilines is 1. The van der Waals surface area contributed by atoms with Crippen LogP contribution in [0.25, 0.3) is 0 Å². The predicted octanol–water partition coefficient (Wildman–Crippen LogP) is 0.474. The number of hydrogen-bond donors (Lipinski definition) is 2. The Labute approximate surface area is 104 Å². The quantitative estimate of drug-likeness (QED) is 0.813. The Hall–Kier alpha value is -1.89. The molecule has 1 aromatic heterocycles. The molecule has 0 saturated carbocycles. The number of carboxylic acids is 1. The first-order valence-electron chi connectivity index (χ1n) is 5.81. The van der Waals surface area contributed by atoms with Gasteiger partial charge in [0.15, 0.2) is 6.10 Å². The summed E-state index contributed by atoms with van der Waals surface area (Å²) in [7, 11) is 0. The molecule has 98 valence electrons. The van der Waals surface area contributed by atoms with Crippen molar-refractivity contribution in [2.24, 2.45) is 0 Å². The maximum absolute atomic E-state index is 11.8. The van der Waals surface area contributed by atoms with E-state index in [1.807, 2.05) is 6.92 Å². The van der Waals surface area contributed by atoms with Crippen molar-refractivity contribution in [1.29, 1.82) is 0 Å². The van der Waals surface area contributed by atoms with E-state index in [0.29, 0.717) is 18.5 Å². The van der Waals surface area contributed by atoms with Crippen LogP contribution in [0.15, 0.2) is 12.4 Å². The monoisotopic (exact) mass is 253 g/mol. The van der Waals surface area contributed by atoms with Gasteiger partial charge >= 0.3 is 5.97 Å². The largest absolute Gasteiger partial charge is 0.479 e. The lowest BCUT2D eigenvalue weighted by Gasteiger charge is -2.10. The molecule has 2 rings (SSSR count). The highest BCUT2D eigenvalue weighted by atomic mass is 16.5. The van der Waals surface area contributed by atoms with Crippen LogP contribution in [0.4, 0.5) is 5.69 Å². The van der Waals surface area contributed by atoms with E-state index in [2.05, 4.69) is 10.4 Å². The predicted molar refractivity (Wildman–Crippen MR) is 62.1 cm³/mol. The zero-order valence-electron chi connectivity index (χ0n) is 10.00. The van der Waals surface area contributed by atoms with Crippen LogP contribution in [0.2, 0.25) is 0 Å². The number of hydrogen-bond acceptors (Lipinski definition) is 4. The molecular formula is C11H15N3O4. The van der Waals surface area contributed by atoms with Crippen LogP contribution in [-0.2, 0) is 20.9 Å². The first-order valence-corrected chi connectivity index (χ1v) is 5.81. The summed E-state index contributed by atoms with van der Waals surface area (Å²) in [6, 6.07) is 0. The molecular weight excluding hydrogens is 238 g/mol. The maximum Gasteiger partial charge on any atom is 0.332 e. The number of carbonyl (C=O) groups excluding carboxylic acids is 1. The fourth-order valence-electron chi connectivity index (χ4n) is 1.84. The van der Waals surface area contributed by atoms with Crippen molar-refractivity contribution in [1.82, 2.24) is 9.78 Å². The van der Waals surface area contributed by atoms with Crippen LogP contribution in [0.1, 0.15) is 19.8 Å². The first-order chi connectivity index (χ1) is 8.60. The van der Waals surface area contributed by atoms with Crippen LogP contribution in [0.3, 0.4) is 0 Å². The number of carboxylic acid groups (broad SMARTS) is 1. The van der Waals surface area contributed by atoms with Gasteiger partial charge in [0.05, 0.1) is 11.9 Å². The normalized spacial score (nSPS) is 22.9. The van der Waals surface area contributed by atoms with Gasteiger partial charge in [0, 0.05) is 12.7 Å². The molecule has 18 heavy (non-hydrogen) atoms. The van der Waals surface area contributed by atoms with Gasteiger partial charge in [0.1, 0.15) is 6.10 Å². The molecule has 1 fully saturated rings. The van der Waals surface area contributed by atoms with Crippen molar-refractivity contribution >= 4 is 17.6 Å². The van der Waals surface area contributed by atoms with Crippen molar-refractivity contribution in [3.8, 4) is 0 Å². The molecule has 7 nitrogen and oxygen atoms in total. The summed E-state index contributed by atoms with van der Waals surface area (Å²) < 4.78 is 6.84. The van der Waals surface area contributed by atoms with Gasteiger partial charge in [-0.05, 0) is 19.8 Å². The highest BCUT2D eigenvalue weighted by molar-refractivity contribution is 5.94. The van der Waals surface area contributed by atoms with Crippen molar-refractivity contribution in [2.45, 2.75) is 38.5 Å². The van der Waals surface area contributed by atoms with Crippen LogP contribution < -0.4 is 5.32 Å². The second-order valence-electron chi connectivity index (χ2n) is 4.10. The Kier molecular flexibility index (Phi) is 3.61. The van der Waals surface area contributed by atoms with E-state index < -0.39 is 18.2 Å². The molecule has 1 aromatic rings. The molecule has 1 aliphatic heterocycles. The van der Waals surface area contributed by atoms with Crippen LogP contribution in [0.5, 0.6) is 0 Å². The molecule has 0 aliphatic carbocycles. The molecule has 2 unspecified atom stereocenters. The van der Waals surface area contributed by atoms with Crippen LogP contribution >= 0.6 is 0 Å². The number of aromatic nitrogens is 2. The number of carbonyl (C=O) groups is 2. The van der Waals surface area contributed by atoms with E-state index in [4.69, 9.17) is 9.84 Å². The summed E-state index contributed by atoms with van der Waals surface area (Å²) in [5, 5.41) is 15.5. The Morgan fingerprint density at radius 3 is 2.83 bits per heavy atom. The van der Waals surface area contributed by atoms with Gasteiger partial charge in [0.25, 0.3) is 5.91 Å². The Bertz CT molecular complexity index is 457. The van der Waals surface area contributed by atoms with Gasteiger partial charge in [-0.1, -0.05) is 0 Å². The minimum Gasteiger partial charge on any atom is -0.479 e. The minimum absolute atomic E-state index is 0.325. The van der Waals surface area contributed by atoms with Gasteiger partial charge in [0.2, 0.25) is 0 Å². The second kappa shape index (κ2) is 5.18. The van der Waals surface area contributed by atoms with Gasteiger partial charge in [-0.2, -0.15) is 5.10 Å². The Morgan fingerprint density at radius 1 is 1.56 bits per heavy atom. The minimum atomic E-state index is -1.02. The highest BCUT2D eigenvalue weighted by Crippen LogP contribution is 2.21. The highest BCUT2D eigenvalue weighted by Gasteiger charge is 2.34. The zero-order valence-corrected chi connectivity index (χ0v) is 10.00. The topological polar surface area (TPSA) is 93.5 Å². The SMILES string of the molecule is CCn1cc(NC(=O)C2CCC(C(=O)O)O2)cn1. The lowest BCUT2D eigenvalue weighted by atomic mass is 10.2. The van der Waals surface area contributed by atoms with E-state index in [9.17, 15) is 9.59 Å². The van der Waals surface area contributed by atoms with Gasteiger partial charge in [-0.15, -0.1) is 0 Å². The smallest absolute Gasteiger partial charge is 0.332 e. The summed E-state index contributed by atoms with van der Waals surface area (Å²) in [6.45, 7) is 2.66. The number of amides is 1. The van der Waals surface area contributed by atoms with E-state index in [1.54, 1.807) is 17.1 Å². The number of nitrogens with one attached hydrogen (secondary N) is 1. The zero-order chi connectivity index (χ0) is 13.1.